The molecule has 7 heteroatoms. The minimum absolute atomic E-state index is 0.207. The molecule has 1 aromatic carbocycles. The fourth-order valence-corrected chi connectivity index (χ4v) is 4.31. The fraction of sp³-hybridized carbons (Fsp3) is 0.667. The molecule has 2 fully saturated rings. The molecule has 0 aliphatic carbocycles. The van der Waals surface area contributed by atoms with Gasteiger partial charge in [0.05, 0.1) is 6.54 Å². The second-order valence-electron chi connectivity index (χ2n) is 8.23. The Balaban J connectivity index is 1.41. The van der Waals surface area contributed by atoms with Gasteiger partial charge in [0.15, 0.2) is 0 Å². The van der Waals surface area contributed by atoms with Crippen LogP contribution < -0.4 is 5.32 Å². The molecule has 0 spiro atoms. The number of amides is 1. The minimum atomic E-state index is -0.263. The Morgan fingerprint density at radius 1 is 1.14 bits per heavy atom. The summed E-state index contributed by atoms with van der Waals surface area (Å²) < 4.78 is 14.0. The molecule has 0 aromatic heterocycles. The van der Waals surface area contributed by atoms with Gasteiger partial charge in [-0.15, -0.1) is 0 Å². The molecular weight excluding hydrogens is 379 g/mol. The lowest BCUT2D eigenvalue weighted by Crippen LogP contribution is -2.52. The lowest BCUT2D eigenvalue weighted by atomic mass is 10.0. The van der Waals surface area contributed by atoms with E-state index in [4.69, 9.17) is 11.6 Å². The Labute approximate surface area is 172 Å². The lowest BCUT2D eigenvalue weighted by molar-refractivity contribution is -0.134. The molecule has 0 unspecified atom stereocenters. The maximum absolute atomic E-state index is 14.0. The van der Waals surface area contributed by atoms with Gasteiger partial charge in [-0.05, 0) is 25.0 Å². The molecule has 2 heterocycles. The van der Waals surface area contributed by atoms with E-state index < -0.39 is 0 Å². The average Bonchev–Trinajstić information content (AvgIpc) is 2.66. The van der Waals surface area contributed by atoms with E-state index in [-0.39, 0.29) is 11.7 Å². The molecule has 2 aliphatic heterocycles. The van der Waals surface area contributed by atoms with Crippen LogP contribution in [0.3, 0.4) is 0 Å². The summed E-state index contributed by atoms with van der Waals surface area (Å²) in [7, 11) is 0. The van der Waals surface area contributed by atoms with E-state index in [1.165, 1.54) is 6.07 Å². The zero-order valence-corrected chi connectivity index (χ0v) is 17.7. The van der Waals surface area contributed by atoms with E-state index in [2.05, 4.69) is 29.0 Å². The number of nitrogens with zero attached hydrogens (tertiary/aromatic N) is 3. The summed E-state index contributed by atoms with van der Waals surface area (Å²) in [5.74, 6) is -0.0554. The minimum Gasteiger partial charge on any atom is -0.339 e. The molecule has 3 rings (SSSR count). The Bertz CT molecular complexity index is 636. The van der Waals surface area contributed by atoms with Gasteiger partial charge in [-0.1, -0.05) is 31.5 Å². The summed E-state index contributed by atoms with van der Waals surface area (Å²) in [5, 5.41) is 4.05. The predicted octanol–water partition coefficient (Wildman–Crippen LogP) is 2.59. The first-order chi connectivity index (χ1) is 13.4. The molecule has 1 N–H and O–H groups in total. The number of piperidine rings is 1. The van der Waals surface area contributed by atoms with Gasteiger partial charge in [0, 0.05) is 68.5 Å². The summed E-state index contributed by atoms with van der Waals surface area (Å²) >= 11 is 6.13. The fourth-order valence-electron chi connectivity index (χ4n) is 4.08. The van der Waals surface area contributed by atoms with Crippen LogP contribution in [0, 0.1) is 5.82 Å². The van der Waals surface area contributed by atoms with Crippen molar-refractivity contribution in [2.75, 3.05) is 45.8 Å². The van der Waals surface area contributed by atoms with E-state index in [1.54, 1.807) is 12.1 Å². The molecule has 1 aromatic rings. The number of piperazine rings is 1. The summed E-state index contributed by atoms with van der Waals surface area (Å²) in [6.07, 6.45) is 2.20. The predicted molar refractivity (Wildman–Crippen MR) is 111 cm³/mol. The Hall–Kier alpha value is -1.21. The molecule has 0 radical (unpaired) electrons. The van der Waals surface area contributed by atoms with E-state index in [9.17, 15) is 9.18 Å². The van der Waals surface area contributed by atoms with E-state index in [0.29, 0.717) is 48.8 Å². The first kappa shape index (κ1) is 21.5. The van der Waals surface area contributed by atoms with Crippen molar-refractivity contribution in [1.82, 2.24) is 20.0 Å². The van der Waals surface area contributed by atoms with Crippen molar-refractivity contribution in [3.8, 4) is 0 Å². The van der Waals surface area contributed by atoms with Gasteiger partial charge in [0.1, 0.15) is 5.82 Å². The number of carbonyl (C=O) groups excluding carboxylic acids is 1. The normalized spacial score (nSPS) is 20.1. The van der Waals surface area contributed by atoms with Crippen LogP contribution in [-0.4, -0.2) is 78.5 Å². The van der Waals surface area contributed by atoms with Gasteiger partial charge < -0.3 is 10.2 Å². The highest BCUT2D eigenvalue weighted by Gasteiger charge is 2.26. The summed E-state index contributed by atoms with van der Waals surface area (Å²) in [4.78, 5) is 19.0. The highest BCUT2D eigenvalue weighted by atomic mass is 35.5. The molecule has 0 bridgehead atoms. The zero-order chi connectivity index (χ0) is 20.1. The Morgan fingerprint density at radius 2 is 1.82 bits per heavy atom. The van der Waals surface area contributed by atoms with Crippen molar-refractivity contribution < 1.29 is 9.18 Å². The van der Waals surface area contributed by atoms with Gasteiger partial charge in [-0.3, -0.25) is 14.6 Å². The van der Waals surface area contributed by atoms with Crippen molar-refractivity contribution in [1.29, 1.82) is 0 Å². The number of carbonyl (C=O) groups is 1. The molecule has 0 saturated carbocycles. The third-order valence-corrected chi connectivity index (χ3v) is 6.04. The summed E-state index contributed by atoms with van der Waals surface area (Å²) in [5.41, 5.74) is 0.543. The van der Waals surface area contributed by atoms with Crippen LogP contribution in [-0.2, 0) is 11.3 Å². The molecule has 0 atom stereocenters. The van der Waals surface area contributed by atoms with Crippen LogP contribution in [0.25, 0.3) is 0 Å². The van der Waals surface area contributed by atoms with Crippen LogP contribution in [0.2, 0.25) is 5.02 Å². The van der Waals surface area contributed by atoms with Crippen LogP contribution in [0.1, 0.15) is 32.3 Å². The molecule has 156 valence electrons. The monoisotopic (exact) mass is 410 g/mol. The van der Waals surface area contributed by atoms with Crippen molar-refractivity contribution >= 4 is 17.5 Å². The van der Waals surface area contributed by atoms with Crippen LogP contribution >= 0.6 is 11.6 Å². The first-order valence-corrected chi connectivity index (χ1v) is 10.7. The molecule has 5 nitrogen and oxygen atoms in total. The number of benzene rings is 1. The van der Waals surface area contributed by atoms with E-state index in [0.717, 1.165) is 39.0 Å². The maximum Gasteiger partial charge on any atom is 0.236 e. The third kappa shape index (κ3) is 5.89. The molecule has 1 amide bonds. The standard InChI is InChI=1S/C21H32ClFN4O/c1-16(2)24-17-6-8-25(9-7-17)15-21(28)27-12-10-26(11-13-27)14-18-19(22)4-3-5-20(18)23/h3-5,16-17,24H,6-15H2,1-2H3. The quantitative estimate of drug-likeness (QED) is 0.782. The number of halogens is 2. The Kier molecular flexibility index (Phi) is 7.69. The Morgan fingerprint density at radius 3 is 2.43 bits per heavy atom. The van der Waals surface area contributed by atoms with Gasteiger partial charge in [0.25, 0.3) is 0 Å². The van der Waals surface area contributed by atoms with Gasteiger partial charge in [0.2, 0.25) is 5.91 Å². The van der Waals surface area contributed by atoms with Gasteiger partial charge in [-0.25, -0.2) is 4.39 Å². The topological polar surface area (TPSA) is 38.8 Å². The van der Waals surface area contributed by atoms with Crippen molar-refractivity contribution in [3.63, 3.8) is 0 Å². The molecule has 2 aliphatic rings. The third-order valence-electron chi connectivity index (χ3n) is 5.68. The van der Waals surface area contributed by atoms with E-state index >= 15 is 0 Å². The lowest BCUT2D eigenvalue weighted by Gasteiger charge is -2.37. The van der Waals surface area contributed by atoms with Crippen molar-refractivity contribution in [2.45, 2.75) is 45.3 Å². The number of hydrogen-bond acceptors (Lipinski definition) is 4. The second kappa shape index (κ2) is 10.0. The van der Waals surface area contributed by atoms with Crippen LogP contribution in [0.15, 0.2) is 18.2 Å². The second-order valence-corrected chi connectivity index (χ2v) is 8.64. The van der Waals surface area contributed by atoms with Crippen molar-refractivity contribution in [2.24, 2.45) is 0 Å². The number of likely N-dealkylation sites (tertiary alicyclic amines) is 1. The van der Waals surface area contributed by atoms with Crippen LogP contribution in [0.4, 0.5) is 4.39 Å². The molecule has 28 heavy (non-hydrogen) atoms. The average molecular weight is 411 g/mol. The number of rotatable bonds is 6. The smallest absolute Gasteiger partial charge is 0.236 e. The molecule has 2 saturated heterocycles. The molecular formula is C21H32ClFN4O. The zero-order valence-electron chi connectivity index (χ0n) is 17.0. The summed E-state index contributed by atoms with van der Waals surface area (Å²) in [6, 6.07) is 5.87. The largest absolute Gasteiger partial charge is 0.339 e. The maximum atomic E-state index is 14.0. The van der Waals surface area contributed by atoms with Crippen molar-refractivity contribution in [3.05, 3.63) is 34.6 Å². The number of nitrogens with one attached hydrogen (secondary N) is 1. The van der Waals surface area contributed by atoms with Crippen LogP contribution in [0.5, 0.6) is 0 Å². The first-order valence-electron chi connectivity index (χ1n) is 10.3. The van der Waals surface area contributed by atoms with Gasteiger partial charge >= 0.3 is 0 Å². The summed E-state index contributed by atoms with van der Waals surface area (Å²) in [6.45, 7) is 10.2. The van der Waals surface area contributed by atoms with Gasteiger partial charge in [-0.2, -0.15) is 0 Å². The highest BCUT2D eigenvalue weighted by molar-refractivity contribution is 6.31. The SMILES string of the molecule is CC(C)NC1CCN(CC(=O)N2CCN(Cc3c(F)cccc3Cl)CC2)CC1. The highest BCUT2D eigenvalue weighted by Crippen LogP contribution is 2.21. The van der Waals surface area contributed by atoms with E-state index in [1.807, 2.05) is 4.90 Å². The number of hydrogen-bond donors (Lipinski definition) is 1.